The van der Waals surface area contributed by atoms with Crippen molar-refractivity contribution in [3.8, 4) is 11.3 Å². The number of likely N-dealkylation sites (N-methyl/N-ethyl adjacent to an activating group) is 1. The summed E-state index contributed by atoms with van der Waals surface area (Å²) in [5, 5.41) is 6.37. The molecule has 7 nitrogen and oxygen atoms in total. The van der Waals surface area contributed by atoms with Crippen molar-refractivity contribution in [2.75, 3.05) is 39.0 Å². The Bertz CT molecular complexity index is 976. The number of nitrogens with one attached hydrogen (secondary N) is 2. The molecular formula is C21H26N6O. The summed E-state index contributed by atoms with van der Waals surface area (Å²) in [6, 6.07) is 7.65. The lowest BCUT2D eigenvalue weighted by atomic mass is 10.1. The number of benzene rings is 1. The van der Waals surface area contributed by atoms with Crippen molar-refractivity contribution >= 4 is 17.4 Å². The second-order valence-electron chi connectivity index (χ2n) is 7.58. The Kier molecular flexibility index (Phi) is 5.25. The number of fused-ring (bicyclic) bond motifs is 1. The van der Waals surface area contributed by atoms with Crippen molar-refractivity contribution in [2.45, 2.75) is 12.8 Å². The van der Waals surface area contributed by atoms with E-state index in [1.807, 2.05) is 60.1 Å². The summed E-state index contributed by atoms with van der Waals surface area (Å²) >= 11 is 0. The standard InChI is InChI=1S/C21H26N6O/c1-26(2)10-8-23-21(28)17-5-3-4-16(12-17)18-14-25-20-19(22-9-11-27(18)20)24-13-15-6-7-15/h3-5,9,11-12,14-15H,6-8,10,13H2,1-2H3,(H,22,24)(H,23,28). The zero-order chi connectivity index (χ0) is 19.5. The van der Waals surface area contributed by atoms with Gasteiger partial charge in [0, 0.05) is 43.2 Å². The van der Waals surface area contributed by atoms with Gasteiger partial charge in [0.05, 0.1) is 11.9 Å². The summed E-state index contributed by atoms with van der Waals surface area (Å²) in [6.45, 7) is 2.37. The van der Waals surface area contributed by atoms with E-state index < -0.39 is 0 Å². The Morgan fingerprint density at radius 3 is 2.93 bits per heavy atom. The number of carbonyl (C=O) groups excluding carboxylic acids is 1. The molecule has 1 aliphatic rings. The van der Waals surface area contributed by atoms with E-state index in [2.05, 4.69) is 20.6 Å². The van der Waals surface area contributed by atoms with Gasteiger partial charge in [-0.3, -0.25) is 9.20 Å². The molecule has 0 bridgehead atoms. The maximum atomic E-state index is 12.4. The molecule has 1 amide bonds. The van der Waals surface area contributed by atoms with Gasteiger partial charge in [-0.2, -0.15) is 0 Å². The third-order valence-corrected chi connectivity index (χ3v) is 4.95. The van der Waals surface area contributed by atoms with Crippen LogP contribution in [0, 0.1) is 5.92 Å². The Hall–Kier alpha value is -2.93. The molecule has 1 aliphatic carbocycles. The molecule has 0 atom stereocenters. The maximum absolute atomic E-state index is 12.4. The van der Waals surface area contributed by atoms with Gasteiger partial charge in [0.2, 0.25) is 0 Å². The number of amides is 1. The first kappa shape index (κ1) is 18.4. The molecule has 146 valence electrons. The van der Waals surface area contributed by atoms with Crippen molar-refractivity contribution < 1.29 is 4.79 Å². The maximum Gasteiger partial charge on any atom is 0.251 e. The van der Waals surface area contributed by atoms with E-state index in [0.29, 0.717) is 12.1 Å². The number of imidazole rings is 1. The monoisotopic (exact) mass is 378 g/mol. The SMILES string of the molecule is CN(C)CCNC(=O)c1cccc(-c2cnc3c(NCC4CC4)nccn23)c1. The van der Waals surface area contributed by atoms with E-state index in [0.717, 1.165) is 41.7 Å². The molecule has 28 heavy (non-hydrogen) atoms. The molecule has 0 spiro atoms. The average molecular weight is 378 g/mol. The molecule has 2 heterocycles. The van der Waals surface area contributed by atoms with E-state index in [1.165, 1.54) is 12.8 Å². The summed E-state index contributed by atoms with van der Waals surface area (Å²) in [4.78, 5) is 23.5. The molecule has 1 aromatic carbocycles. The van der Waals surface area contributed by atoms with E-state index in [-0.39, 0.29) is 5.91 Å². The van der Waals surface area contributed by atoms with Gasteiger partial charge in [-0.1, -0.05) is 12.1 Å². The van der Waals surface area contributed by atoms with E-state index in [4.69, 9.17) is 0 Å². The predicted molar refractivity (Wildman–Crippen MR) is 111 cm³/mol. The first-order valence-electron chi connectivity index (χ1n) is 9.71. The Labute approximate surface area is 164 Å². The molecule has 0 aliphatic heterocycles. The Morgan fingerprint density at radius 1 is 1.29 bits per heavy atom. The Balaban J connectivity index is 1.56. The van der Waals surface area contributed by atoms with Crippen molar-refractivity contribution in [1.82, 2.24) is 24.6 Å². The highest BCUT2D eigenvalue weighted by Crippen LogP contribution is 2.29. The number of aromatic nitrogens is 3. The van der Waals surface area contributed by atoms with Crippen LogP contribution in [0.5, 0.6) is 0 Å². The first-order chi connectivity index (χ1) is 13.6. The number of carbonyl (C=O) groups is 1. The van der Waals surface area contributed by atoms with Gasteiger partial charge in [-0.15, -0.1) is 0 Å². The molecule has 4 rings (SSSR count). The van der Waals surface area contributed by atoms with Crippen LogP contribution < -0.4 is 10.6 Å². The summed E-state index contributed by atoms with van der Waals surface area (Å²) in [6.07, 6.45) is 8.11. The second-order valence-corrected chi connectivity index (χ2v) is 7.58. The highest BCUT2D eigenvalue weighted by atomic mass is 16.1. The number of nitrogens with zero attached hydrogens (tertiary/aromatic N) is 4. The van der Waals surface area contributed by atoms with Gasteiger partial charge in [-0.25, -0.2) is 9.97 Å². The summed E-state index contributed by atoms with van der Waals surface area (Å²) in [5.41, 5.74) is 3.34. The lowest BCUT2D eigenvalue weighted by molar-refractivity contribution is 0.0951. The van der Waals surface area contributed by atoms with Crippen LogP contribution in [0.15, 0.2) is 42.9 Å². The van der Waals surface area contributed by atoms with Gasteiger partial charge in [0.25, 0.3) is 5.91 Å². The van der Waals surface area contributed by atoms with Crippen LogP contribution in [0.3, 0.4) is 0 Å². The fourth-order valence-electron chi connectivity index (χ4n) is 3.14. The predicted octanol–water partition coefficient (Wildman–Crippen LogP) is 2.51. The first-order valence-corrected chi connectivity index (χ1v) is 9.71. The van der Waals surface area contributed by atoms with Gasteiger partial charge in [0.1, 0.15) is 0 Å². The number of anilines is 1. The van der Waals surface area contributed by atoms with E-state index in [1.54, 1.807) is 6.20 Å². The normalized spacial score (nSPS) is 13.8. The van der Waals surface area contributed by atoms with Gasteiger partial charge < -0.3 is 15.5 Å². The van der Waals surface area contributed by atoms with Crippen LogP contribution >= 0.6 is 0 Å². The smallest absolute Gasteiger partial charge is 0.251 e. The molecule has 2 N–H and O–H groups in total. The highest BCUT2D eigenvalue weighted by molar-refractivity contribution is 5.95. The van der Waals surface area contributed by atoms with Crippen LogP contribution in [-0.4, -0.2) is 58.9 Å². The highest BCUT2D eigenvalue weighted by Gasteiger charge is 2.21. The fourth-order valence-corrected chi connectivity index (χ4v) is 3.14. The zero-order valence-electron chi connectivity index (χ0n) is 16.4. The Morgan fingerprint density at radius 2 is 2.14 bits per heavy atom. The van der Waals surface area contributed by atoms with Gasteiger partial charge in [0.15, 0.2) is 11.5 Å². The summed E-state index contributed by atoms with van der Waals surface area (Å²) in [7, 11) is 3.97. The minimum atomic E-state index is -0.0639. The molecule has 1 fully saturated rings. The zero-order valence-corrected chi connectivity index (χ0v) is 16.4. The molecule has 7 heteroatoms. The summed E-state index contributed by atoms with van der Waals surface area (Å²) in [5.74, 6) is 1.50. The molecule has 0 radical (unpaired) electrons. The van der Waals surface area contributed by atoms with Crippen LogP contribution in [-0.2, 0) is 0 Å². The van der Waals surface area contributed by atoms with Crippen LogP contribution in [0.25, 0.3) is 16.9 Å². The number of rotatable bonds is 8. The van der Waals surface area contributed by atoms with E-state index >= 15 is 0 Å². The largest absolute Gasteiger partial charge is 0.367 e. The number of hydrogen-bond donors (Lipinski definition) is 2. The third-order valence-electron chi connectivity index (χ3n) is 4.95. The van der Waals surface area contributed by atoms with Crippen molar-refractivity contribution in [2.24, 2.45) is 5.92 Å². The van der Waals surface area contributed by atoms with Crippen LogP contribution in [0.4, 0.5) is 5.82 Å². The van der Waals surface area contributed by atoms with Crippen LogP contribution in [0.1, 0.15) is 23.2 Å². The molecule has 0 saturated heterocycles. The molecule has 3 aromatic rings. The van der Waals surface area contributed by atoms with E-state index in [9.17, 15) is 4.79 Å². The van der Waals surface area contributed by atoms with Crippen molar-refractivity contribution in [3.63, 3.8) is 0 Å². The lowest BCUT2D eigenvalue weighted by Gasteiger charge is -2.11. The van der Waals surface area contributed by atoms with Gasteiger partial charge in [-0.05, 0) is 45.0 Å². The quantitative estimate of drug-likeness (QED) is 0.630. The van der Waals surface area contributed by atoms with Crippen molar-refractivity contribution in [3.05, 3.63) is 48.4 Å². The summed E-state index contributed by atoms with van der Waals surface area (Å²) < 4.78 is 2.02. The topological polar surface area (TPSA) is 74.6 Å². The van der Waals surface area contributed by atoms with Crippen LogP contribution in [0.2, 0.25) is 0 Å². The fraction of sp³-hybridized carbons (Fsp3) is 0.381. The molecule has 1 saturated carbocycles. The minimum absolute atomic E-state index is 0.0639. The molecular weight excluding hydrogens is 352 g/mol. The minimum Gasteiger partial charge on any atom is -0.367 e. The molecule has 2 aromatic heterocycles. The average Bonchev–Trinajstić information content (AvgIpc) is 3.42. The lowest BCUT2D eigenvalue weighted by Crippen LogP contribution is -2.31. The third kappa shape index (κ3) is 4.14. The molecule has 0 unspecified atom stereocenters. The van der Waals surface area contributed by atoms with Crippen molar-refractivity contribution in [1.29, 1.82) is 0 Å². The number of hydrogen-bond acceptors (Lipinski definition) is 5. The van der Waals surface area contributed by atoms with Gasteiger partial charge >= 0.3 is 0 Å². The second kappa shape index (κ2) is 7.98.